The average Bonchev–Trinajstić information content (AvgIpc) is 2.97. The first kappa shape index (κ1) is 27.1. The first-order valence-electron chi connectivity index (χ1n) is 12.5. The number of amides is 2. The lowest BCUT2D eigenvalue weighted by atomic mass is 9.98. The number of carbonyl (C=O) groups excluding carboxylic acids is 3. The zero-order valence-electron chi connectivity index (χ0n) is 22.4. The number of nitrogens with one attached hydrogen (secondary N) is 1. The van der Waals surface area contributed by atoms with E-state index in [2.05, 4.69) is 5.32 Å². The van der Waals surface area contributed by atoms with Crippen molar-refractivity contribution in [3.05, 3.63) is 113 Å². The van der Waals surface area contributed by atoms with Gasteiger partial charge in [-0.3, -0.25) is 9.59 Å². The summed E-state index contributed by atoms with van der Waals surface area (Å²) in [5, 5.41) is 2.91. The zero-order valence-corrected chi connectivity index (χ0v) is 22.4. The highest BCUT2D eigenvalue weighted by Crippen LogP contribution is 2.30. The van der Waals surface area contributed by atoms with Crippen LogP contribution in [0.5, 0.6) is 5.75 Å². The second kappa shape index (κ2) is 12.1. The molecule has 7 heteroatoms. The Kier molecular flexibility index (Phi) is 8.41. The quantitative estimate of drug-likeness (QED) is 0.272. The number of benzene rings is 4. The molecule has 0 aliphatic rings. The van der Waals surface area contributed by atoms with Crippen molar-refractivity contribution in [1.82, 2.24) is 0 Å². The van der Waals surface area contributed by atoms with Gasteiger partial charge in [0.05, 0.1) is 30.7 Å². The Morgan fingerprint density at radius 2 is 1.51 bits per heavy atom. The van der Waals surface area contributed by atoms with E-state index in [1.165, 1.54) is 12.0 Å². The maximum Gasteiger partial charge on any atom is 0.340 e. The highest BCUT2D eigenvalue weighted by atomic mass is 16.5. The topological polar surface area (TPSA) is 84.9 Å². The minimum Gasteiger partial charge on any atom is -0.495 e. The second-order valence-electron chi connectivity index (χ2n) is 8.88. The molecule has 2 amide bonds. The molecule has 0 atom stereocenters. The van der Waals surface area contributed by atoms with Crippen molar-refractivity contribution in [2.75, 3.05) is 31.0 Å². The molecule has 4 rings (SSSR count). The summed E-state index contributed by atoms with van der Waals surface area (Å²) < 4.78 is 10.7. The Morgan fingerprint density at radius 1 is 0.846 bits per heavy atom. The van der Waals surface area contributed by atoms with Crippen LogP contribution in [0, 0.1) is 6.92 Å². The van der Waals surface area contributed by atoms with E-state index in [1.807, 2.05) is 49.4 Å². The summed E-state index contributed by atoms with van der Waals surface area (Å²) in [5.74, 6) is -0.833. The molecule has 0 bridgehead atoms. The molecular formula is C32H30N2O5. The Bertz CT molecular complexity index is 1510. The van der Waals surface area contributed by atoms with E-state index in [-0.39, 0.29) is 18.4 Å². The van der Waals surface area contributed by atoms with E-state index in [9.17, 15) is 14.4 Å². The number of hydrogen-bond acceptors (Lipinski definition) is 5. The molecule has 0 aliphatic carbocycles. The molecule has 198 valence electrons. The highest BCUT2D eigenvalue weighted by Gasteiger charge is 2.22. The lowest BCUT2D eigenvalue weighted by Gasteiger charge is -2.21. The van der Waals surface area contributed by atoms with Crippen LogP contribution in [0.1, 0.15) is 43.6 Å². The number of hydrogen-bond donors (Lipinski definition) is 1. The molecule has 4 aromatic rings. The first-order valence-corrected chi connectivity index (χ1v) is 12.5. The van der Waals surface area contributed by atoms with Gasteiger partial charge in [-0.25, -0.2) is 4.79 Å². The number of methoxy groups -OCH3 is 1. The first-order chi connectivity index (χ1) is 18.8. The number of para-hydroxylation sites is 1. The van der Waals surface area contributed by atoms with Crippen molar-refractivity contribution in [3.63, 3.8) is 0 Å². The van der Waals surface area contributed by atoms with Gasteiger partial charge in [0.25, 0.3) is 11.8 Å². The minimum atomic E-state index is -0.505. The molecule has 0 saturated carbocycles. The fraction of sp³-hybridized carbons (Fsp3) is 0.156. The van der Waals surface area contributed by atoms with Gasteiger partial charge in [0.15, 0.2) is 0 Å². The van der Waals surface area contributed by atoms with Gasteiger partial charge in [-0.2, -0.15) is 0 Å². The zero-order chi connectivity index (χ0) is 27.9. The van der Waals surface area contributed by atoms with Crippen LogP contribution in [0.4, 0.5) is 11.4 Å². The predicted molar refractivity (Wildman–Crippen MR) is 153 cm³/mol. The van der Waals surface area contributed by atoms with Crippen LogP contribution in [0.3, 0.4) is 0 Å². The summed E-state index contributed by atoms with van der Waals surface area (Å²) in [5.41, 5.74) is 4.85. The summed E-state index contributed by atoms with van der Waals surface area (Å²) in [4.78, 5) is 40.5. The van der Waals surface area contributed by atoms with E-state index in [4.69, 9.17) is 9.47 Å². The van der Waals surface area contributed by atoms with E-state index in [1.54, 1.807) is 62.5 Å². The molecule has 0 fully saturated rings. The monoisotopic (exact) mass is 522 g/mol. The number of esters is 1. The largest absolute Gasteiger partial charge is 0.495 e. The molecule has 7 nitrogen and oxygen atoms in total. The summed E-state index contributed by atoms with van der Waals surface area (Å²) in [6.45, 7) is 3.97. The number of rotatable bonds is 8. The molecule has 0 unspecified atom stereocenters. The van der Waals surface area contributed by atoms with Crippen LogP contribution in [-0.4, -0.2) is 38.5 Å². The smallest absolute Gasteiger partial charge is 0.340 e. The molecule has 1 N–H and O–H groups in total. The number of ether oxygens (including phenoxy) is 2. The fourth-order valence-electron chi connectivity index (χ4n) is 4.23. The Hall–Kier alpha value is -4.91. The van der Waals surface area contributed by atoms with Crippen LogP contribution < -0.4 is 15.0 Å². The van der Waals surface area contributed by atoms with Crippen LogP contribution in [0.25, 0.3) is 11.1 Å². The Morgan fingerprint density at radius 3 is 2.21 bits per heavy atom. The normalized spacial score (nSPS) is 10.5. The molecule has 0 radical (unpaired) electrons. The number of carbonyl (C=O) groups is 3. The predicted octanol–water partition coefficient (Wildman–Crippen LogP) is 6.38. The summed E-state index contributed by atoms with van der Waals surface area (Å²) in [6.07, 6.45) is 0. The SMILES string of the molecule is CCOC(=O)c1ccccc1N(C)C(=O)c1ccc(NC(=O)c2ccccc2-c2ccc(C)cc2)c(OC)c1. The molecule has 0 saturated heterocycles. The van der Waals surface area contributed by atoms with Gasteiger partial charge in [0.1, 0.15) is 5.75 Å². The minimum absolute atomic E-state index is 0.227. The van der Waals surface area contributed by atoms with Gasteiger partial charge in [0, 0.05) is 18.2 Å². The van der Waals surface area contributed by atoms with Gasteiger partial charge in [-0.15, -0.1) is 0 Å². The number of anilines is 2. The van der Waals surface area contributed by atoms with E-state index in [0.29, 0.717) is 33.8 Å². The van der Waals surface area contributed by atoms with Gasteiger partial charge in [0.2, 0.25) is 0 Å². The standard InChI is InChI=1S/C32H30N2O5/c1-5-39-32(37)26-12-8-9-13-28(26)34(3)31(36)23-18-19-27(29(20-23)38-4)33-30(35)25-11-7-6-10-24(25)22-16-14-21(2)15-17-22/h6-20H,5H2,1-4H3,(H,33,35). The van der Waals surface area contributed by atoms with Crippen molar-refractivity contribution in [1.29, 1.82) is 0 Å². The van der Waals surface area contributed by atoms with Crippen molar-refractivity contribution in [2.45, 2.75) is 13.8 Å². The van der Waals surface area contributed by atoms with Crippen LogP contribution in [0.2, 0.25) is 0 Å². The Balaban J connectivity index is 1.59. The van der Waals surface area contributed by atoms with Gasteiger partial charge in [-0.05, 0) is 61.4 Å². The third-order valence-corrected chi connectivity index (χ3v) is 6.30. The van der Waals surface area contributed by atoms with Crippen molar-refractivity contribution in [2.24, 2.45) is 0 Å². The van der Waals surface area contributed by atoms with Crippen LogP contribution in [0.15, 0.2) is 91.0 Å². The van der Waals surface area contributed by atoms with E-state index in [0.717, 1.165) is 16.7 Å². The molecule has 4 aromatic carbocycles. The maximum atomic E-state index is 13.4. The lowest BCUT2D eigenvalue weighted by molar-refractivity contribution is 0.0527. The van der Waals surface area contributed by atoms with Gasteiger partial charge >= 0.3 is 5.97 Å². The van der Waals surface area contributed by atoms with Gasteiger partial charge < -0.3 is 19.7 Å². The van der Waals surface area contributed by atoms with Crippen LogP contribution >= 0.6 is 0 Å². The maximum absolute atomic E-state index is 13.4. The molecule has 0 heterocycles. The van der Waals surface area contributed by atoms with E-state index >= 15 is 0 Å². The number of aryl methyl sites for hydroxylation is 1. The highest BCUT2D eigenvalue weighted by molar-refractivity contribution is 6.11. The average molecular weight is 523 g/mol. The summed E-state index contributed by atoms with van der Waals surface area (Å²) >= 11 is 0. The molecule has 0 aromatic heterocycles. The molecule has 0 aliphatic heterocycles. The lowest BCUT2D eigenvalue weighted by Crippen LogP contribution is -2.28. The fourth-order valence-corrected chi connectivity index (χ4v) is 4.23. The van der Waals surface area contributed by atoms with Crippen molar-refractivity contribution >= 4 is 29.2 Å². The third kappa shape index (κ3) is 5.99. The van der Waals surface area contributed by atoms with Crippen LogP contribution in [-0.2, 0) is 4.74 Å². The number of nitrogens with zero attached hydrogens (tertiary/aromatic N) is 1. The molecule has 0 spiro atoms. The Labute approximate surface area is 228 Å². The van der Waals surface area contributed by atoms with Crippen molar-refractivity contribution < 1.29 is 23.9 Å². The van der Waals surface area contributed by atoms with Crippen molar-refractivity contribution in [3.8, 4) is 16.9 Å². The summed E-state index contributed by atoms with van der Waals surface area (Å²) in [7, 11) is 3.06. The summed E-state index contributed by atoms with van der Waals surface area (Å²) in [6, 6.07) is 26.9. The third-order valence-electron chi connectivity index (χ3n) is 6.30. The van der Waals surface area contributed by atoms with Gasteiger partial charge in [-0.1, -0.05) is 60.2 Å². The molecular weight excluding hydrogens is 492 g/mol. The molecule has 39 heavy (non-hydrogen) atoms. The van der Waals surface area contributed by atoms with E-state index < -0.39 is 5.97 Å². The second-order valence-corrected chi connectivity index (χ2v) is 8.88.